The average molecular weight is 231 g/mol. The highest BCUT2D eigenvalue weighted by atomic mass is 16.2. The van der Waals surface area contributed by atoms with Crippen molar-refractivity contribution in [2.24, 2.45) is 5.92 Å². The third kappa shape index (κ3) is 3.32. The predicted octanol–water partition coefficient (Wildman–Crippen LogP) is 3.62. The molecule has 2 heteroatoms. The van der Waals surface area contributed by atoms with E-state index in [-0.39, 0.29) is 5.91 Å². The fourth-order valence-electron chi connectivity index (χ4n) is 2.57. The summed E-state index contributed by atoms with van der Waals surface area (Å²) in [6.07, 6.45) is 7.12. The predicted molar refractivity (Wildman–Crippen MR) is 71.0 cm³/mol. The maximum atomic E-state index is 12.1. The second kappa shape index (κ2) is 5.85. The molecule has 0 N–H and O–H groups in total. The van der Waals surface area contributed by atoms with E-state index in [1.54, 1.807) is 4.90 Å². The monoisotopic (exact) mass is 231 g/mol. The molecule has 0 bridgehead atoms. The van der Waals surface area contributed by atoms with Gasteiger partial charge in [-0.05, 0) is 30.9 Å². The van der Waals surface area contributed by atoms with Crippen LogP contribution in [-0.2, 0) is 4.79 Å². The topological polar surface area (TPSA) is 20.3 Å². The molecular weight excluding hydrogens is 210 g/mol. The van der Waals surface area contributed by atoms with E-state index in [9.17, 15) is 4.79 Å². The fourth-order valence-corrected chi connectivity index (χ4v) is 2.57. The molecule has 17 heavy (non-hydrogen) atoms. The van der Waals surface area contributed by atoms with Gasteiger partial charge < -0.3 is 4.90 Å². The minimum atomic E-state index is 0.253. The summed E-state index contributed by atoms with van der Waals surface area (Å²) >= 11 is 0. The molecule has 0 spiro atoms. The Morgan fingerprint density at radius 3 is 2.47 bits per heavy atom. The Hall–Kier alpha value is -1.31. The summed E-state index contributed by atoms with van der Waals surface area (Å²) in [5.41, 5.74) is 0.994. The number of benzene rings is 1. The van der Waals surface area contributed by atoms with Gasteiger partial charge in [-0.3, -0.25) is 4.79 Å². The number of carbonyl (C=O) groups excluding carboxylic acids is 1. The Kier molecular flexibility index (Phi) is 4.18. The summed E-state index contributed by atoms with van der Waals surface area (Å²) in [6, 6.07) is 9.89. The number of anilines is 1. The first-order valence-corrected chi connectivity index (χ1v) is 6.59. The number of para-hydroxylation sites is 1. The zero-order valence-corrected chi connectivity index (χ0v) is 10.6. The molecule has 0 aliphatic heterocycles. The van der Waals surface area contributed by atoms with Crippen LogP contribution in [0.5, 0.6) is 0 Å². The number of hydrogen-bond acceptors (Lipinski definition) is 1. The first kappa shape index (κ1) is 12.2. The minimum absolute atomic E-state index is 0.253. The van der Waals surface area contributed by atoms with Crippen molar-refractivity contribution in [2.75, 3.05) is 11.9 Å². The molecule has 0 aromatic heterocycles. The van der Waals surface area contributed by atoms with Gasteiger partial charge >= 0.3 is 0 Å². The third-order valence-corrected chi connectivity index (χ3v) is 3.71. The van der Waals surface area contributed by atoms with Crippen molar-refractivity contribution >= 4 is 11.6 Å². The Morgan fingerprint density at radius 2 is 1.82 bits per heavy atom. The highest BCUT2D eigenvalue weighted by molar-refractivity contribution is 5.92. The van der Waals surface area contributed by atoms with Crippen LogP contribution in [0.4, 0.5) is 5.69 Å². The Morgan fingerprint density at radius 1 is 1.18 bits per heavy atom. The Bertz CT molecular complexity index is 354. The molecule has 1 amide bonds. The van der Waals surface area contributed by atoms with Crippen LogP contribution in [0.3, 0.4) is 0 Å². The normalized spacial score (nSPS) is 16.8. The van der Waals surface area contributed by atoms with Gasteiger partial charge in [0.15, 0.2) is 0 Å². The van der Waals surface area contributed by atoms with Crippen LogP contribution in [0.1, 0.15) is 38.5 Å². The summed E-state index contributed by atoms with van der Waals surface area (Å²) in [7, 11) is 1.88. The lowest BCUT2D eigenvalue weighted by atomic mass is 9.86. The Balaban J connectivity index is 1.91. The van der Waals surface area contributed by atoms with Crippen molar-refractivity contribution in [3.8, 4) is 0 Å². The lowest BCUT2D eigenvalue weighted by Gasteiger charge is -2.24. The smallest absolute Gasteiger partial charge is 0.226 e. The molecule has 0 saturated heterocycles. The molecule has 2 nitrogen and oxygen atoms in total. The third-order valence-electron chi connectivity index (χ3n) is 3.71. The van der Waals surface area contributed by atoms with Gasteiger partial charge in [-0.1, -0.05) is 37.5 Å². The van der Waals surface area contributed by atoms with Crippen LogP contribution in [-0.4, -0.2) is 13.0 Å². The highest BCUT2D eigenvalue weighted by Gasteiger charge is 2.19. The van der Waals surface area contributed by atoms with Crippen LogP contribution >= 0.6 is 0 Å². The quantitative estimate of drug-likeness (QED) is 0.778. The molecule has 1 aliphatic carbocycles. The molecule has 1 saturated carbocycles. The molecule has 1 fully saturated rings. The maximum absolute atomic E-state index is 12.1. The van der Waals surface area contributed by atoms with Crippen LogP contribution in [0.15, 0.2) is 30.3 Å². The van der Waals surface area contributed by atoms with E-state index in [2.05, 4.69) is 0 Å². The van der Waals surface area contributed by atoms with E-state index in [1.807, 2.05) is 37.4 Å². The molecule has 92 valence electrons. The van der Waals surface area contributed by atoms with Crippen molar-refractivity contribution < 1.29 is 4.79 Å². The second-order valence-corrected chi connectivity index (χ2v) is 5.00. The summed E-state index contributed by atoms with van der Waals surface area (Å²) < 4.78 is 0. The van der Waals surface area contributed by atoms with Crippen molar-refractivity contribution in [2.45, 2.75) is 38.5 Å². The summed E-state index contributed by atoms with van der Waals surface area (Å²) in [4.78, 5) is 13.9. The maximum Gasteiger partial charge on any atom is 0.226 e. The first-order chi connectivity index (χ1) is 8.27. The zero-order chi connectivity index (χ0) is 12.1. The SMILES string of the molecule is CN(C(=O)CC1CCCCC1)c1ccccc1. The fraction of sp³-hybridized carbons (Fsp3) is 0.533. The van der Waals surface area contributed by atoms with Gasteiger partial charge in [0.2, 0.25) is 5.91 Å². The lowest BCUT2D eigenvalue weighted by Crippen LogP contribution is -2.28. The second-order valence-electron chi connectivity index (χ2n) is 5.00. The van der Waals surface area contributed by atoms with Crippen LogP contribution in [0, 0.1) is 5.92 Å². The van der Waals surface area contributed by atoms with Crippen LogP contribution < -0.4 is 4.90 Å². The van der Waals surface area contributed by atoms with Crippen molar-refractivity contribution in [3.63, 3.8) is 0 Å². The van der Waals surface area contributed by atoms with E-state index >= 15 is 0 Å². The summed E-state index contributed by atoms with van der Waals surface area (Å²) in [5.74, 6) is 0.866. The van der Waals surface area contributed by atoms with Crippen LogP contribution in [0.2, 0.25) is 0 Å². The van der Waals surface area contributed by atoms with E-state index in [0.29, 0.717) is 12.3 Å². The highest BCUT2D eigenvalue weighted by Crippen LogP contribution is 2.27. The molecule has 2 rings (SSSR count). The summed E-state index contributed by atoms with van der Waals surface area (Å²) in [5, 5.41) is 0. The van der Waals surface area contributed by atoms with Gasteiger partial charge in [0, 0.05) is 19.2 Å². The van der Waals surface area contributed by atoms with Crippen molar-refractivity contribution in [1.82, 2.24) is 0 Å². The van der Waals surface area contributed by atoms with Gasteiger partial charge in [-0.25, -0.2) is 0 Å². The number of nitrogens with zero attached hydrogens (tertiary/aromatic N) is 1. The molecule has 1 aromatic carbocycles. The summed E-state index contributed by atoms with van der Waals surface area (Å²) in [6.45, 7) is 0. The molecule has 0 heterocycles. The average Bonchev–Trinajstić information content (AvgIpc) is 2.40. The standard InChI is InChI=1S/C15H21NO/c1-16(14-10-6-3-7-11-14)15(17)12-13-8-4-2-5-9-13/h3,6-7,10-11,13H,2,4-5,8-9,12H2,1H3. The molecular formula is C15H21NO. The van der Waals surface area contributed by atoms with Crippen molar-refractivity contribution in [3.05, 3.63) is 30.3 Å². The van der Waals surface area contributed by atoms with Crippen molar-refractivity contribution in [1.29, 1.82) is 0 Å². The number of carbonyl (C=O) groups is 1. The number of rotatable bonds is 3. The molecule has 0 radical (unpaired) electrons. The van der Waals surface area contributed by atoms with E-state index < -0.39 is 0 Å². The van der Waals surface area contributed by atoms with Gasteiger partial charge in [0.25, 0.3) is 0 Å². The first-order valence-electron chi connectivity index (χ1n) is 6.59. The van der Waals surface area contributed by atoms with Gasteiger partial charge in [-0.2, -0.15) is 0 Å². The van der Waals surface area contributed by atoms with E-state index in [0.717, 1.165) is 5.69 Å². The van der Waals surface area contributed by atoms with Gasteiger partial charge in [-0.15, -0.1) is 0 Å². The zero-order valence-electron chi connectivity index (χ0n) is 10.6. The number of hydrogen-bond donors (Lipinski definition) is 0. The molecule has 1 aliphatic rings. The molecule has 0 unspecified atom stereocenters. The molecule has 0 atom stereocenters. The molecule has 1 aromatic rings. The Labute approximate surface area is 104 Å². The van der Waals surface area contributed by atoms with Crippen LogP contribution in [0.25, 0.3) is 0 Å². The van der Waals surface area contributed by atoms with E-state index in [1.165, 1.54) is 32.1 Å². The minimum Gasteiger partial charge on any atom is -0.315 e. The lowest BCUT2D eigenvalue weighted by molar-refractivity contribution is -0.119. The van der Waals surface area contributed by atoms with E-state index in [4.69, 9.17) is 0 Å². The van der Waals surface area contributed by atoms with Gasteiger partial charge in [0.1, 0.15) is 0 Å². The van der Waals surface area contributed by atoms with Gasteiger partial charge in [0.05, 0.1) is 0 Å². The largest absolute Gasteiger partial charge is 0.315 e. The number of amides is 1.